The van der Waals surface area contributed by atoms with Crippen molar-refractivity contribution in [1.29, 1.82) is 0 Å². The fourth-order valence-electron chi connectivity index (χ4n) is 3.05. The lowest BCUT2D eigenvalue weighted by Gasteiger charge is -2.20. The number of pyridine rings is 1. The summed E-state index contributed by atoms with van der Waals surface area (Å²) >= 11 is 0. The molecule has 0 saturated heterocycles. The standard InChI is InChI=1S/C21H25NO6/c1-11(2)10-15-19(23)17(20(24)25)16(21(26)28-5)18(22-15)12(3)13-6-8-14(27-4)9-7-13/h6-9,11-12,23H,10H2,1-5H3,(H,24,25). The van der Waals surface area contributed by atoms with Crippen LogP contribution >= 0.6 is 0 Å². The van der Waals surface area contributed by atoms with E-state index >= 15 is 0 Å². The molecule has 0 spiro atoms. The summed E-state index contributed by atoms with van der Waals surface area (Å²) in [7, 11) is 2.72. The van der Waals surface area contributed by atoms with Gasteiger partial charge < -0.3 is 19.7 Å². The average Bonchev–Trinajstić information content (AvgIpc) is 2.67. The molecule has 1 unspecified atom stereocenters. The predicted octanol–water partition coefficient (Wildman–Crippen LogP) is 3.63. The maximum absolute atomic E-state index is 12.4. The molecular weight excluding hydrogens is 362 g/mol. The molecule has 0 aliphatic carbocycles. The molecule has 150 valence electrons. The maximum Gasteiger partial charge on any atom is 0.340 e. The highest BCUT2D eigenvalue weighted by atomic mass is 16.5. The Morgan fingerprint density at radius 2 is 1.68 bits per heavy atom. The number of aromatic carboxylic acids is 1. The van der Waals surface area contributed by atoms with E-state index in [1.807, 2.05) is 32.9 Å². The zero-order valence-electron chi connectivity index (χ0n) is 16.6. The van der Waals surface area contributed by atoms with Crippen LogP contribution in [-0.2, 0) is 11.2 Å². The highest BCUT2D eigenvalue weighted by Gasteiger charge is 2.31. The van der Waals surface area contributed by atoms with Gasteiger partial charge in [0.1, 0.15) is 16.9 Å². The minimum Gasteiger partial charge on any atom is -0.505 e. The highest BCUT2D eigenvalue weighted by Crippen LogP contribution is 2.35. The van der Waals surface area contributed by atoms with E-state index in [0.29, 0.717) is 12.2 Å². The number of hydrogen-bond donors (Lipinski definition) is 2. The summed E-state index contributed by atoms with van der Waals surface area (Å²) in [5, 5.41) is 20.2. The third-order valence-corrected chi connectivity index (χ3v) is 4.50. The first kappa shape index (κ1) is 21.2. The molecule has 2 rings (SSSR count). The van der Waals surface area contributed by atoms with Gasteiger partial charge in [0.2, 0.25) is 0 Å². The van der Waals surface area contributed by atoms with Gasteiger partial charge in [-0.1, -0.05) is 32.9 Å². The van der Waals surface area contributed by atoms with Gasteiger partial charge in [0, 0.05) is 5.92 Å². The van der Waals surface area contributed by atoms with Gasteiger partial charge in [-0.05, 0) is 30.0 Å². The minimum absolute atomic E-state index is 0.133. The SMILES string of the molecule is COC(=O)c1c(C(C)c2ccc(OC)cc2)nc(CC(C)C)c(O)c1C(=O)O. The first-order valence-corrected chi connectivity index (χ1v) is 8.92. The Morgan fingerprint density at radius 1 is 1.07 bits per heavy atom. The number of benzene rings is 1. The second-order valence-corrected chi connectivity index (χ2v) is 6.93. The van der Waals surface area contributed by atoms with Crippen LogP contribution in [0.2, 0.25) is 0 Å². The zero-order valence-corrected chi connectivity index (χ0v) is 16.6. The third-order valence-electron chi connectivity index (χ3n) is 4.50. The summed E-state index contributed by atoms with van der Waals surface area (Å²) in [5.41, 5.74) is 0.602. The zero-order chi connectivity index (χ0) is 21.0. The third kappa shape index (κ3) is 4.24. The van der Waals surface area contributed by atoms with Crippen LogP contribution in [0.3, 0.4) is 0 Å². The number of nitrogens with zero attached hydrogens (tertiary/aromatic N) is 1. The molecular formula is C21H25NO6. The summed E-state index contributed by atoms with van der Waals surface area (Å²) in [6.45, 7) is 5.68. The van der Waals surface area contributed by atoms with Crippen molar-refractivity contribution in [3.63, 3.8) is 0 Å². The van der Waals surface area contributed by atoms with Gasteiger partial charge in [0.15, 0.2) is 5.75 Å². The number of hydrogen-bond acceptors (Lipinski definition) is 6. The van der Waals surface area contributed by atoms with Gasteiger partial charge in [-0.15, -0.1) is 0 Å². The van der Waals surface area contributed by atoms with Crippen molar-refractivity contribution in [3.8, 4) is 11.5 Å². The number of aromatic nitrogens is 1. The van der Waals surface area contributed by atoms with Gasteiger partial charge >= 0.3 is 11.9 Å². The van der Waals surface area contributed by atoms with Gasteiger partial charge in [0.05, 0.1) is 25.6 Å². The van der Waals surface area contributed by atoms with E-state index in [1.165, 1.54) is 0 Å². The summed E-state index contributed by atoms with van der Waals surface area (Å²) < 4.78 is 9.96. The quantitative estimate of drug-likeness (QED) is 0.699. The van der Waals surface area contributed by atoms with Crippen molar-refractivity contribution in [3.05, 3.63) is 52.3 Å². The Hall–Kier alpha value is -3.09. The van der Waals surface area contributed by atoms with Crippen LogP contribution in [0.15, 0.2) is 24.3 Å². The number of carbonyl (C=O) groups is 2. The molecule has 2 N–H and O–H groups in total. The molecule has 1 heterocycles. The first-order chi connectivity index (χ1) is 13.2. The molecule has 1 atom stereocenters. The Labute approximate surface area is 163 Å². The van der Waals surface area contributed by atoms with Crippen LogP contribution in [0, 0.1) is 5.92 Å². The predicted molar refractivity (Wildman–Crippen MR) is 103 cm³/mol. The van der Waals surface area contributed by atoms with Crippen LogP contribution in [-0.4, -0.2) is 41.4 Å². The second kappa shape index (κ2) is 8.73. The number of rotatable bonds is 7. The Balaban J connectivity index is 2.75. The summed E-state index contributed by atoms with van der Waals surface area (Å²) in [5.74, 6) is -2.36. The second-order valence-electron chi connectivity index (χ2n) is 6.93. The van der Waals surface area contributed by atoms with E-state index in [4.69, 9.17) is 9.47 Å². The fourth-order valence-corrected chi connectivity index (χ4v) is 3.05. The lowest BCUT2D eigenvalue weighted by molar-refractivity contribution is 0.0578. The summed E-state index contributed by atoms with van der Waals surface area (Å²) in [6.07, 6.45) is 0.371. The topological polar surface area (TPSA) is 106 Å². The summed E-state index contributed by atoms with van der Waals surface area (Å²) in [4.78, 5) is 28.8. The van der Waals surface area contributed by atoms with Gasteiger partial charge in [0.25, 0.3) is 0 Å². The minimum atomic E-state index is -1.41. The smallest absolute Gasteiger partial charge is 0.340 e. The van der Waals surface area contributed by atoms with Crippen molar-refractivity contribution in [1.82, 2.24) is 4.98 Å². The number of carbonyl (C=O) groups excluding carboxylic acids is 1. The van der Waals surface area contributed by atoms with Gasteiger partial charge in [-0.3, -0.25) is 4.98 Å². The number of ether oxygens (including phenoxy) is 2. The Kier molecular flexibility index (Phi) is 6.62. The molecule has 0 radical (unpaired) electrons. The summed E-state index contributed by atoms with van der Waals surface area (Å²) in [6, 6.07) is 7.19. The van der Waals surface area contributed by atoms with Gasteiger partial charge in [-0.2, -0.15) is 0 Å². The fraction of sp³-hybridized carbons (Fsp3) is 0.381. The molecule has 1 aromatic carbocycles. The van der Waals surface area contributed by atoms with Crippen LogP contribution in [0.25, 0.3) is 0 Å². The van der Waals surface area contributed by atoms with E-state index in [0.717, 1.165) is 12.7 Å². The molecule has 0 amide bonds. The largest absolute Gasteiger partial charge is 0.505 e. The van der Waals surface area contributed by atoms with Crippen molar-refractivity contribution < 1.29 is 29.3 Å². The Morgan fingerprint density at radius 3 is 2.14 bits per heavy atom. The van der Waals surface area contributed by atoms with Crippen molar-refractivity contribution in [2.45, 2.75) is 33.1 Å². The number of carboxylic acids is 1. The normalized spacial score (nSPS) is 11.9. The van der Waals surface area contributed by atoms with Crippen LogP contribution < -0.4 is 4.74 Å². The van der Waals surface area contributed by atoms with Crippen molar-refractivity contribution in [2.75, 3.05) is 14.2 Å². The molecule has 1 aromatic heterocycles. The van der Waals surface area contributed by atoms with Crippen LogP contribution in [0.5, 0.6) is 11.5 Å². The molecule has 0 saturated carbocycles. The molecule has 7 nitrogen and oxygen atoms in total. The number of methoxy groups -OCH3 is 2. The molecule has 0 bridgehead atoms. The molecule has 2 aromatic rings. The highest BCUT2D eigenvalue weighted by molar-refractivity contribution is 6.05. The lowest BCUT2D eigenvalue weighted by Crippen LogP contribution is -2.19. The molecule has 7 heteroatoms. The molecule has 0 aliphatic rings. The van der Waals surface area contributed by atoms with E-state index in [9.17, 15) is 19.8 Å². The van der Waals surface area contributed by atoms with Crippen molar-refractivity contribution >= 4 is 11.9 Å². The Bertz CT molecular complexity index is 873. The average molecular weight is 387 g/mol. The van der Waals surface area contributed by atoms with E-state index in [-0.39, 0.29) is 22.9 Å². The number of esters is 1. The monoisotopic (exact) mass is 387 g/mol. The van der Waals surface area contributed by atoms with E-state index in [2.05, 4.69) is 4.98 Å². The van der Waals surface area contributed by atoms with E-state index < -0.39 is 29.2 Å². The van der Waals surface area contributed by atoms with Gasteiger partial charge in [-0.25, -0.2) is 9.59 Å². The van der Waals surface area contributed by atoms with Crippen LogP contribution in [0.4, 0.5) is 0 Å². The number of aromatic hydroxyl groups is 1. The molecule has 0 aliphatic heterocycles. The maximum atomic E-state index is 12.4. The molecule has 0 fully saturated rings. The van der Waals surface area contributed by atoms with Crippen LogP contribution in [0.1, 0.15) is 64.4 Å². The van der Waals surface area contributed by atoms with Crippen molar-refractivity contribution in [2.24, 2.45) is 5.92 Å². The first-order valence-electron chi connectivity index (χ1n) is 8.92. The number of carboxylic acid groups (broad SMARTS) is 1. The molecule has 28 heavy (non-hydrogen) atoms. The lowest BCUT2D eigenvalue weighted by atomic mass is 9.90. The van der Waals surface area contributed by atoms with E-state index in [1.54, 1.807) is 19.2 Å².